The van der Waals surface area contributed by atoms with E-state index in [2.05, 4.69) is 40.1 Å². The van der Waals surface area contributed by atoms with Crippen molar-refractivity contribution in [2.75, 3.05) is 0 Å². The van der Waals surface area contributed by atoms with Crippen molar-refractivity contribution in [1.29, 1.82) is 0 Å². The Labute approximate surface area is 110 Å². The molecule has 1 aromatic heterocycles. The van der Waals surface area contributed by atoms with Crippen LogP contribution in [-0.4, -0.2) is 16.9 Å². The highest BCUT2D eigenvalue weighted by Gasteiger charge is 2.35. The lowest BCUT2D eigenvalue weighted by Gasteiger charge is -2.27. The van der Waals surface area contributed by atoms with E-state index in [4.69, 9.17) is 0 Å². The van der Waals surface area contributed by atoms with Gasteiger partial charge in [-0.3, -0.25) is 4.79 Å². The summed E-state index contributed by atoms with van der Waals surface area (Å²) in [6, 6.07) is 3.77. The standard InChI is InChI=1S/C13H17BrN2O/c1-13(2)6-3-4-10(13)16-12(17)9-5-7-15-11(14)8-9/h5,7-8,10H,3-4,6H2,1-2H3,(H,16,17). The Morgan fingerprint density at radius 3 is 2.94 bits per heavy atom. The lowest BCUT2D eigenvalue weighted by atomic mass is 9.87. The summed E-state index contributed by atoms with van der Waals surface area (Å²) in [7, 11) is 0. The van der Waals surface area contributed by atoms with E-state index in [1.54, 1.807) is 18.3 Å². The molecule has 17 heavy (non-hydrogen) atoms. The normalized spacial score (nSPS) is 22.4. The van der Waals surface area contributed by atoms with Crippen LogP contribution in [-0.2, 0) is 0 Å². The Morgan fingerprint density at radius 2 is 2.35 bits per heavy atom. The van der Waals surface area contributed by atoms with Crippen molar-refractivity contribution in [1.82, 2.24) is 10.3 Å². The van der Waals surface area contributed by atoms with Crippen LogP contribution in [0.4, 0.5) is 0 Å². The number of aromatic nitrogens is 1. The highest BCUT2D eigenvalue weighted by Crippen LogP contribution is 2.37. The van der Waals surface area contributed by atoms with Crippen LogP contribution in [0.25, 0.3) is 0 Å². The molecule has 3 nitrogen and oxygen atoms in total. The molecule has 0 radical (unpaired) electrons. The monoisotopic (exact) mass is 296 g/mol. The molecule has 1 fully saturated rings. The molecule has 1 aromatic rings. The van der Waals surface area contributed by atoms with E-state index in [9.17, 15) is 4.79 Å². The highest BCUT2D eigenvalue weighted by atomic mass is 79.9. The summed E-state index contributed by atoms with van der Waals surface area (Å²) >= 11 is 3.27. The lowest BCUT2D eigenvalue weighted by molar-refractivity contribution is 0.0910. The zero-order chi connectivity index (χ0) is 12.5. The van der Waals surface area contributed by atoms with E-state index in [0.29, 0.717) is 10.2 Å². The molecule has 0 bridgehead atoms. The van der Waals surface area contributed by atoms with Crippen LogP contribution < -0.4 is 5.32 Å². The largest absolute Gasteiger partial charge is 0.349 e. The molecule has 0 spiro atoms. The number of amides is 1. The maximum absolute atomic E-state index is 12.1. The number of hydrogen-bond donors (Lipinski definition) is 1. The molecule has 0 saturated heterocycles. The second-order valence-electron chi connectivity index (χ2n) is 5.27. The van der Waals surface area contributed by atoms with Crippen LogP contribution in [0.2, 0.25) is 0 Å². The molecular weight excluding hydrogens is 280 g/mol. The van der Waals surface area contributed by atoms with Gasteiger partial charge in [0.25, 0.3) is 5.91 Å². The molecule has 1 heterocycles. The number of carbonyl (C=O) groups is 1. The van der Waals surface area contributed by atoms with Crippen molar-refractivity contribution in [3.05, 3.63) is 28.5 Å². The van der Waals surface area contributed by atoms with Gasteiger partial charge in [-0.25, -0.2) is 4.98 Å². The maximum Gasteiger partial charge on any atom is 0.251 e. The summed E-state index contributed by atoms with van der Waals surface area (Å²) in [4.78, 5) is 16.1. The molecule has 1 atom stereocenters. The second-order valence-corrected chi connectivity index (χ2v) is 6.09. The molecule has 1 aliphatic carbocycles. The van der Waals surface area contributed by atoms with Crippen molar-refractivity contribution in [2.24, 2.45) is 5.41 Å². The van der Waals surface area contributed by atoms with Gasteiger partial charge >= 0.3 is 0 Å². The first-order valence-corrected chi connectivity index (χ1v) is 6.71. The first-order valence-electron chi connectivity index (χ1n) is 5.91. The Balaban J connectivity index is 2.07. The SMILES string of the molecule is CC1(C)CCCC1NC(=O)c1ccnc(Br)c1. The number of pyridine rings is 1. The molecule has 0 aromatic carbocycles. The number of nitrogens with one attached hydrogen (secondary N) is 1. The number of carbonyl (C=O) groups excluding carboxylic acids is 1. The van der Waals surface area contributed by atoms with Crippen molar-refractivity contribution in [3.63, 3.8) is 0 Å². The van der Waals surface area contributed by atoms with Gasteiger partial charge in [0.1, 0.15) is 4.60 Å². The van der Waals surface area contributed by atoms with Crippen LogP contribution >= 0.6 is 15.9 Å². The number of halogens is 1. The molecule has 1 unspecified atom stereocenters. The van der Waals surface area contributed by atoms with E-state index in [1.807, 2.05) is 0 Å². The fraction of sp³-hybridized carbons (Fsp3) is 0.538. The van der Waals surface area contributed by atoms with Crippen molar-refractivity contribution < 1.29 is 4.79 Å². The predicted octanol–water partition coefficient (Wildman–Crippen LogP) is 3.15. The molecule has 2 rings (SSSR count). The first kappa shape index (κ1) is 12.6. The van der Waals surface area contributed by atoms with Crippen LogP contribution in [0, 0.1) is 5.41 Å². The van der Waals surface area contributed by atoms with E-state index in [1.165, 1.54) is 12.8 Å². The third-order valence-electron chi connectivity index (χ3n) is 3.55. The van der Waals surface area contributed by atoms with E-state index >= 15 is 0 Å². The van der Waals surface area contributed by atoms with E-state index in [0.717, 1.165) is 6.42 Å². The predicted molar refractivity (Wildman–Crippen MR) is 70.8 cm³/mol. The third kappa shape index (κ3) is 2.86. The summed E-state index contributed by atoms with van der Waals surface area (Å²) < 4.78 is 0.691. The van der Waals surface area contributed by atoms with E-state index in [-0.39, 0.29) is 17.4 Å². The van der Waals surface area contributed by atoms with Gasteiger partial charge in [-0.05, 0) is 46.3 Å². The van der Waals surface area contributed by atoms with Gasteiger partial charge in [0.2, 0.25) is 0 Å². The van der Waals surface area contributed by atoms with Crippen LogP contribution in [0.1, 0.15) is 43.5 Å². The second kappa shape index (κ2) is 4.77. The Morgan fingerprint density at radius 1 is 1.59 bits per heavy atom. The van der Waals surface area contributed by atoms with Gasteiger partial charge < -0.3 is 5.32 Å². The molecule has 1 amide bonds. The summed E-state index contributed by atoms with van der Waals surface area (Å²) in [5, 5.41) is 3.13. The smallest absolute Gasteiger partial charge is 0.251 e. The van der Waals surface area contributed by atoms with Gasteiger partial charge in [-0.2, -0.15) is 0 Å². The maximum atomic E-state index is 12.1. The molecule has 1 aliphatic rings. The van der Waals surface area contributed by atoms with Gasteiger partial charge in [-0.15, -0.1) is 0 Å². The topological polar surface area (TPSA) is 42.0 Å². The summed E-state index contributed by atoms with van der Waals surface area (Å²) in [6.45, 7) is 4.43. The average molecular weight is 297 g/mol. The first-order chi connectivity index (χ1) is 7.99. The summed E-state index contributed by atoms with van der Waals surface area (Å²) in [6.07, 6.45) is 5.08. The van der Waals surface area contributed by atoms with E-state index < -0.39 is 0 Å². The minimum atomic E-state index is -0.00641. The Bertz CT molecular complexity index is 431. The van der Waals surface area contributed by atoms with Crippen molar-refractivity contribution in [3.8, 4) is 0 Å². The Hall–Kier alpha value is -0.900. The quantitative estimate of drug-likeness (QED) is 0.852. The average Bonchev–Trinajstić information content (AvgIpc) is 2.58. The minimum absolute atomic E-state index is 0.00641. The zero-order valence-corrected chi connectivity index (χ0v) is 11.8. The molecule has 1 N–H and O–H groups in total. The fourth-order valence-electron chi connectivity index (χ4n) is 2.38. The number of nitrogens with zero attached hydrogens (tertiary/aromatic N) is 1. The van der Waals surface area contributed by atoms with Gasteiger partial charge in [0.15, 0.2) is 0 Å². The zero-order valence-electron chi connectivity index (χ0n) is 10.2. The lowest BCUT2D eigenvalue weighted by Crippen LogP contribution is -2.41. The van der Waals surface area contributed by atoms with Gasteiger partial charge in [0, 0.05) is 17.8 Å². The fourth-order valence-corrected chi connectivity index (χ4v) is 2.74. The molecule has 1 saturated carbocycles. The van der Waals surface area contributed by atoms with Crippen molar-refractivity contribution in [2.45, 2.75) is 39.2 Å². The van der Waals surface area contributed by atoms with Crippen molar-refractivity contribution >= 4 is 21.8 Å². The molecule has 4 heteroatoms. The number of rotatable bonds is 2. The summed E-state index contributed by atoms with van der Waals surface area (Å²) in [5.41, 5.74) is 0.870. The molecular formula is C13H17BrN2O. The molecule has 0 aliphatic heterocycles. The summed E-state index contributed by atoms with van der Waals surface area (Å²) in [5.74, 6) is -0.00641. The van der Waals surface area contributed by atoms with Crippen LogP contribution in [0.15, 0.2) is 22.9 Å². The third-order valence-corrected chi connectivity index (χ3v) is 3.98. The number of hydrogen-bond acceptors (Lipinski definition) is 2. The van der Waals surface area contributed by atoms with Crippen LogP contribution in [0.3, 0.4) is 0 Å². The molecule has 92 valence electrons. The van der Waals surface area contributed by atoms with Crippen LogP contribution in [0.5, 0.6) is 0 Å². The highest BCUT2D eigenvalue weighted by molar-refractivity contribution is 9.10. The Kier molecular flexibility index (Phi) is 3.52. The minimum Gasteiger partial charge on any atom is -0.349 e. The van der Waals surface area contributed by atoms with Gasteiger partial charge in [0.05, 0.1) is 0 Å². The van der Waals surface area contributed by atoms with Gasteiger partial charge in [-0.1, -0.05) is 20.3 Å².